The number of amides is 1. The van der Waals surface area contributed by atoms with Crippen molar-refractivity contribution in [2.24, 2.45) is 0 Å². The number of hydrogen-bond acceptors (Lipinski definition) is 4. The first-order valence-corrected chi connectivity index (χ1v) is 8.87. The molecule has 2 aromatic rings. The van der Waals surface area contributed by atoms with E-state index in [9.17, 15) is 4.79 Å². The van der Waals surface area contributed by atoms with Crippen molar-refractivity contribution in [3.8, 4) is 5.75 Å². The van der Waals surface area contributed by atoms with Crippen LogP contribution >= 0.6 is 0 Å². The van der Waals surface area contributed by atoms with E-state index in [2.05, 4.69) is 22.8 Å². The Morgan fingerprint density at radius 1 is 1.20 bits per heavy atom. The number of anilines is 1. The third kappa shape index (κ3) is 3.61. The number of benzene rings is 2. The van der Waals surface area contributed by atoms with Crippen LogP contribution in [0.2, 0.25) is 0 Å². The van der Waals surface area contributed by atoms with Gasteiger partial charge in [-0.05, 0) is 36.8 Å². The first-order chi connectivity index (χ1) is 12.3. The average molecular weight is 337 g/mol. The summed E-state index contributed by atoms with van der Waals surface area (Å²) in [4.78, 5) is 14.8. The minimum absolute atomic E-state index is 0.101. The van der Waals surface area contributed by atoms with E-state index in [0.29, 0.717) is 12.6 Å². The molecule has 0 saturated carbocycles. The van der Waals surface area contributed by atoms with E-state index < -0.39 is 0 Å². The molecule has 1 saturated heterocycles. The number of ether oxygens (including phenoxy) is 1. The molecule has 25 heavy (non-hydrogen) atoms. The van der Waals surface area contributed by atoms with E-state index in [1.54, 1.807) is 0 Å². The zero-order chi connectivity index (χ0) is 17.1. The minimum Gasteiger partial charge on any atom is -0.492 e. The van der Waals surface area contributed by atoms with Crippen LogP contribution in [0.3, 0.4) is 0 Å². The van der Waals surface area contributed by atoms with Crippen LogP contribution in [0.5, 0.6) is 5.75 Å². The zero-order valence-electron chi connectivity index (χ0n) is 14.2. The van der Waals surface area contributed by atoms with Gasteiger partial charge in [-0.3, -0.25) is 4.79 Å². The SMILES string of the molecule is O=C(c1ccc2c(c1)CNCCO2)N1CCC(Nc2ccccc2)C1. The molecule has 130 valence electrons. The third-order valence-corrected chi connectivity index (χ3v) is 4.78. The van der Waals surface area contributed by atoms with Gasteiger partial charge in [-0.25, -0.2) is 0 Å². The van der Waals surface area contributed by atoms with E-state index in [1.165, 1.54) is 0 Å². The lowest BCUT2D eigenvalue weighted by molar-refractivity contribution is 0.0791. The van der Waals surface area contributed by atoms with Crippen LogP contribution < -0.4 is 15.4 Å². The topological polar surface area (TPSA) is 53.6 Å². The van der Waals surface area contributed by atoms with Gasteiger partial charge in [0.25, 0.3) is 5.91 Å². The number of nitrogens with zero attached hydrogens (tertiary/aromatic N) is 1. The second-order valence-electron chi connectivity index (χ2n) is 6.59. The molecule has 2 aliphatic heterocycles. The van der Waals surface area contributed by atoms with Crippen LogP contribution in [0, 0.1) is 0 Å². The number of fused-ring (bicyclic) bond motifs is 1. The van der Waals surface area contributed by atoms with Gasteiger partial charge >= 0.3 is 0 Å². The molecule has 1 fully saturated rings. The summed E-state index contributed by atoms with van der Waals surface area (Å²) in [5.74, 6) is 0.982. The van der Waals surface area contributed by atoms with E-state index in [4.69, 9.17) is 4.74 Å². The fourth-order valence-electron chi connectivity index (χ4n) is 3.46. The molecule has 0 bridgehead atoms. The summed E-state index contributed by atoms with van der Waals surface area (Å²) >= 11 is 0. The van der Waals surface area contributed by atoms with Crippen molar-refractivity contribution >= 4 is 11.6 Å². The smallest absolute Gasteiger partial charge is 0.253 e. The van der Waals surface area contributed by atoms with Crippen molar-refractivity contribution in [3.63, 3.8) is 0 Å². The average Bonchev–Trinajstić information content (AvgIpc) is 2.98. The Hall–Kier alpha value is -2.53. The highest BCUT2D eigenvalue weighted by atomic mass is 16.5. The van der Waals surface area contributed by atoms with Crippen LogP contribution in [-0.4, -0.2) is 43.1 Å². The van der Waals surface area contributed by atoms with E-state index in [0.717, 1.165) is 55.2 Å². The van der Waals surface area contributed by atoms with E-state index in [-0.39, 0.29) is 5.91 Å². The van der Waals surface area contributed by atoms with Gasteiger partial charge in [0.2, 0.25) is 0 Å². The van der Waals surface area contributed by atoms with Crippen molar-refractivity contribution in [1.82, 2.24) is 10.2 Å². The predicted octanol–water partition coefficient (Wildman–Crippen LogP) is 2.50. The van der Waals surface area contributed by atoms with Crippen molar-refractivity contribution in [2.75, 3.05) is 31.6 Å². The summed E-state index contributed by atoms with van der Waals surface area (Å²) in [7, 11) is 0. The lowest BCUT2D eigenvalue weighted by atomic mass is 10.1. The normalized spacial score (nSPS) is 19.7. The van der Waals surface area contributed by atoms with E-state index >= 15 is 0 Å². The van der Waals surface area contributed by atoms with Gasteiger partial charge in [0.15, 0.2) is 0 Å². The summed E-state index contributed by atoms with van der Waals surface area (Å²) in [5, 5.41) is 6.83. The van der Waals surface area contributed by atoms with Gasteiger partial charge in [-0.2, -0.15) is 0 Å². The molecule has 4 rings (SSSR count). The monoisotopic (exact) mass is 337 g/mol. The Morgan fingerprint density at radius 2 is 2.08 bits per heavy atom. The van der Waals surface area contributed by atoms with Crippen LogP contribution in [0.25, 0.3) is 0 Å². The maximum absolute atomic E-state index is 12.9. The molecule has 0 spiro atoms. The highest BCUT2D eigenvalue weighted by Crippen LogP contribution is 2.24. The first kappa shape index (κ1) is 16.0. The Labute approximate surface area is 148 Å². The Balaban J connectivity index is 1.42. The summed E-state index contributed by atoms with van der Waals surface area (Å²) < 4.78 is 5.69. The molecule has 0 radical (unpaired) electrons. The molecular weight excluding hydrogens is 314 g/mol. The van der Waals surface area contributed by atoms with Gasteiger partial charge < -0.3 is 20.3 Å². The summed E-state index contributed by atoms with van der Waals surface area (Å²) in [6.45, 7) is 3.76. The largest absolute Gasteiger partial charge is 0.492 e. The second-order valence-corrected chi connectivity index (χ2v) is 6.59. The maximum atomic E-state index is 12.9. The molecule has 1 unspecified atom stereocenters. The molecule has 1 amide bonds. The predicted molar refractivity (Wildman–Crippen MR) is 98.0 cm³/mol. The number of nitrogens with one attached hydrogen (secondary N) is 2. The quantitative estimate of drug-likeness (QED) is 0.904. The number of likely N-dealkylation sites (tertiary alicyclic amines) is 1. The number of para-hydroxylation sites is 1. The molecule has 2 N–H and O–H groups in total. The van der Waals surface area contributed by atoms with Crippen molar-refractivity contribution in [1.29, 1.82) is 0 Å². The molecule has 0 aromatic heterocycles. The fourth-order valence-corrected chi connectivity index (χ4v) is 3.46. The van der Waals surface area contributed by atoms with Gasteiger partial charge in [0, 0.05) is 49.0 Å². The summed E-state index contributed by atoms with van der Waals surface area (Å²) in [6.07, 6.45) is 0.968. The van der Waals surface area contributed by atoms with Crippen LogP contribution in [-0.2, 0) is 6.54 Å². The fraction of sp³-hybridized carbons (Fsp3) is 0.350. The maximum Gasteiger partial charge on any atom is 0.253 e. The summed E-state index contributed by atoms with van der Waals surface area (Å²) in [5.41, 5.74) is 2.91. The molecule has 0 aliphatic carbocycles. The Morgan fingerprint density at radius 3 is 2.96 bits per heavy atom. The number of carbonyl (C=O) groups is 1. The third-order valence-electron chi connectivity index (χ3n) is 4.78. The molecule has 5 heteroatoms. The molecule has 2 heterocycles. The highest BCUT2D eigenvalue weighted by molar-refractivity contribution is 5.95. The van der Waals surface area contributed by atoms with Crippen molar-refractivity contribution < 1.29 is 9.53 Å². The first-order valence-electron chi connectivity index (χ1n) is 8.87. The van der Waals surface area contributed by atoms with Crippen LogP contribution in [0.4, 0.5) is 5.69 Å². The van der Waals surface area contributed by atoms with Gasteiger partial charge in [0.1, 0.15) is 12.4 Å². The van der Waals surface area contributed by atoms with Crippen molar-refractivity contribution in [3.05, 3.63) is 59.7 Å². The number of hydrogen-bond donors (Lipinski definition) is 2. The molecule has 5 nitrogen and oxygen atoms in total. The lowest BCUT2D eigenvalue weighted by Crippen LogP contribution is -2.31. The van der Waals surface area contributed by atoms with E-state index in [1.807, 2.05) is 41.3 Å². The molecular formula is C20H23N3O2. The summed E-state index contributed by atoms with van der Waals surface area (Å²) in [6, 6.07) is 16.2. The van der Waals surface area contributed by atoms with Crippen molar-refractivity contribution in [2.45, 2.75) is 19.0 Å². The van der Waals surface area contributed by atoms with Gasteiger partial charge in [0.05, 0.1) is 0 Å². The van der Waals surface area contributed by atoms with Gasteiger partial charge in [-0.15, -0.1) is 0 Å². The van der Waals surface area contributed by atoms with Crippen LogP contribution in [0.15, 0.2) is 48.5 Å². The molecule has 2 aliphatic rings. The second kappa shape index (κ2) is 7.15. The Kier molecular flexibility index (Phi) is 4.57. The number of carbonyl (C=O) groups excluding carboxylic acids is 1. The Bertz CT molecular complexity index is 748. The lowest BCUT2D eigenvalue weighted by Gasteiger charge is -2.18. The van der Waals surface area contributed by atoms with Crippen LogP contribution in [0.1, 0.15) is 22.3 Å². The highest BCUT2D eigenvalue weighted by Gasteiger charge is 2.27. The molecule has 2 aromatic carbocycles. The number of rotatable bonds is 3. The molecule has 1 atom stereocenters. The standard InChI is InChI=1S/C20H23N3O2/c24-20(15-6-7-19-16(12-15)13-21-9-11-25-19)23-10-8-18(14-23)22-17-4-2-1-3-5-17/h1-7,12,18,21-22H,8-11,13-14H2. The minimum atomic E-state index is 0.101. The van der Waals surface area contributed by atoms with Gasteiger partial charge in [-0.1, -0.05) is 18.2 Å². The zero-order valence-corrected chi connectivity index (χ0v) is 14.2.